The van der Waals surface area contributed by atoms with Gasteiger partial charge in [-0.1, -0.05) is 0 Å². The number of rotatable bonds is 12. The van der Waals surface area contributed by atoms with E-state index in [1.54, 1.807) is 12.1 Å². The predicted octanol–water partition coefficient (Wildman–Crippen LogP) is -0.139. The van der Waals surface area contributed by atoms with E-state index in [1.165, 1.54) is 12.1 Å². The van der Waals surface area contributed by atoms with E-state index in [1.807, 2.05) is 0 Å². The molecular weight excluding hydrogens is 415 g/mol. The fourth-order valence-corrected chi connectivity index (χ4v) is 3.64. The minimum atomic E-state index is -0.559. The number of aromatic hydroxyl groups is 2. The van der Waals surface area contributed by atoms with Crippen molar-refractivity contribution < 1.29 is 30.0 Å². The third-order valence-corrected chi connectivity index (χ3v) is 5.09. The molecule has 0 bridgehead atoms. The molecule has 0 heterocycles. The summed E-state index contributed by atoms with van der Waals surface area (Å²) in [6.45, 7) is 2.81. The molecule has 0 saturated carbocycles. The molecule has 2 aromatic carbocycles. The number of benzene rings is 2. The summed E-state index contributed by atoms with van der Waals surface area (Å²) in [6.07, 6.45) is 0. The zero-order valence-electron chi connectivity index (χ0n) is 17.6. The van der Waals surface area contributed by atoms with Crippen LogP contribution in [-0.2, 0) is 0 Å². The molecule has 0 unspecified atom stereocenters. The van der Waals surface area contributed by atoms with Crippen LogP contribution in [0.4, 0.5) is 11.4 Å². The summed E-state index contributed by atoms with van der Waals surface area (Å²) in [5.74, 6) is -1.86. The van der Waals surface area contributed by atoms with Crippen LogP contribution in [0.25, 0.3) is 0 Å². The number of aliphatic hydroxyl groups excluding tert-OH is 2. The Balaban J connectivity index is 1.97. The molecule has 0 amide bonds. The number of aliphatic hydroxyl groups is 2. The van der Waals surface area contributed by atoms with Crippen LogP contribution in [0.3, 0.4) is 0 Å². The maximum Gasteiger partial charge on any atom is 0.200 e. The van der Waals surface area contributed by atoms with E-state index in [2.05, 4.69) is 21.3 Å². The van der Waals surface area contributed by atoms with Crippen LogP contribution in [0.15, 0.2) is 24.3 Å². The summed E-state index contributed by atoms with van der Waals surface area (Å²) in [7, 11) is 0. The Kier molecular flexibility index (Phi) is 8.01. The first kappa shape index (κ1) is 23.5. The van der Waals surface area contributed by atoms with Crippen LogP contribution in [-0.4, -0.2) is 84.5 Å². The van der Waals surface area contributed by atoms with Crippen molar-refractivity contribution in [1.29, 1.82) is 0 Å². The number of ketones is 2. The number of hydrogen-bond donors (Lipinski definition) is 8. The first-order chi connectivity index (χ1) is 15.5. The summed E-state index contributed by atoms with van der Waals surface area (Å²) in [5.41, 5.74) is 0.678. The van der Waals surface area contributed by atoms with Gasteiger partial charge in [-0.15, -0.1) is 0 Å². The van der Waals surface area contributed by atoms with Gasteiger partial charge in [-0.3, -0.25) is 9.59 Å². The molecule has 10 heteroatoms. The van der Waals surface area contributed by atoms with Gasteiger partial charge in [0.25, 0.3) is 0 Å². The Morgan fingerprint density at radius 3 is 1.34 bits per heavy atom. The second-order valence-electron chi connectivity index (χ2n) is 7.22. The first-order valence-corrected chi connectivity index (χ1v) is 10.4. The molecule has 0 radical (unpaired) electrons. The topological polar surface area (TPSA) is 163 Å². The van der Waals surface area contributed by atoms with Gasteiger partial charge < -0.3 is 41.7 Å². The fraction of sp³-hybridized carbons (Fsp3) is 0.364. The molecule has 0 aromatic heterocycles. The highest BCUT2D eigenvalue weighted by molar-refractivity contribution is 6.33. The molecule has 0 fully saturated rings. The van der Waals surface area contributed by atoms with Crippen molar-refractivity contribution in [2.75, 3.05) is 63.1 Å². The number of nitrogens with one attached hydrogen (secondary N) is 4. The molecule has 1 aliphatic carbocycles. The standard InChI is InChI=1S/C22H28N4O6/c27-11-9-23-5-7-25-13-1-2-14(26-8-6-24-10-12-28)18-17(13)21(31)19-15(29)3-4-16(30)20(19)22(18)32/h1-4,23-30H,5-12H2/i11-1. The number of phenols is 2. The number of fused-ring (bicyclic) bond motifs is 2. The van der Waals surface area contributed by atoms with Crippen molar-refractivity contribution in [3.8, 4) is 11.5 Å². The third kappa shape index (κ3) is 4.83. The molecule has 0 aliphatic heterocycles. The normalized spacial score (nSPS) is 12.4. The SMILES string of the molecule is O=C1c2c(O)ccc(O)c2C(=O)c2c(NCCNC[11CH2]O)ccc(NCCNCCO)c21. The zero-order valence-corrected chi connectivity index (χ0v) is 17.6. The number of carbonyl (C=O) groups is 2. The Bertz CT molecular complexity index is 917. The number of carbonyl (C=O) groups excluding carboxylic acids is 2. The molecule has 3 rings (SSSR count). The van der Waals surface area contributed by atoms with E-state index in [0.717, 1.165) is 0 Å². The number of hydrogen-bond acceptors (Lipinski definition) is 10. The number of anilines is 2. The molecule has 8 N–H and O–H groups in total. The molecule has 10 nitrogen and oxygen atoms in total. The zero-order chi connectivity index (χ0) is 23.1. The maximum atomic E-state index is 13.4. The monoisotopic (exact) mass is 443 g/mol. The Morgan fingerprint density at radius 2 is 0.969 bits per heavy atom. The second-order valence-corrected chi connectivity index (χ2v) is 7.22. The summed E-state index contributed by atoms with van der Waals surface area (Å²) in [5, 5.41) is 50.6. The van der Waals surface area contributed by atoms with Gasteiger partial charge in [0.2, 0.25) is 11.6 Å². The van der Waals surface area contributed by atoms with Gasteiger partial charge in [-0.2, -0.15) is 0 Å². The Labute approximate surface area is 185 Å². The van der Waals surface area contributed by atoms with E-state index in [4.69, 9.17) is 10.2 Å². The van der Waals surface area contributed by atoms with Crippen LogP contribution >= 0.6 is 0 Å². The van der Waals surface area contributed by atoms with Crippen LogP contribution < -0.4 is 21.3 Å². The maximum absolute atomic E-state index is 13.4. The Morgan fingerprint density at radius 1 is 0.562 bits per heavy atom. The van der Waals surface area contributed by atoms with Crippen molar-refractivity contribution in [1.82, 2.24) is 10.6 Å². The minimum Gasteiger partial charge on any atom is -0.507 e. The second kappa shape index (κ2) is 10.9. The summed E-state index contributed by atoms with van der Waals surface area (Å²) >= 11 is 0. The average molecular weight is 443 g/mol. The van der Waals surface area contributed by atoms with Crippen molar-refractivity contribution in [3.63, 3.8) is 0 Å². The predicted molar refractivity (Wildman–Crippen MR) is 120 cm³/mol. The molecule has 2 aromatic rings. The highest BCUT2D eigenvalue weighted by atomic mass is 16.3. The lowest BCUT2D eigenvalue weighted by molar-refractivity contribution is 0.0975. The van der Waals surface area contributed by atoms with E-state index in [9.17, 15) is 19.8 Å². The van der Waals surface area contributed by atoms with Gasteiger partial charge >= 0.3 is 0 Å². The summed E-state index contributed by atoms with van der Waals surface area (Å²) in [4.78, 5) is 26.7. The van der Waals surface area contributed by atoms with Gasteiger partial charge in [-0.05, 0) is 24.3 Å². The molecule has 0 saturated heterocycles. The van der Waals surface area contributed by atoms with Crippen molar-refractivity contribution in [2.45, 2.75) is 0 Å². The van der Waals surface area contributed by atoms with Gasteiger partial charge in [-0.25, -0.2) is 0 Å². The third-order valence-electron chi connectivity index (χ3n) is 5.09. The van der Waals surface area contributed by atoms with E-state index in [0.29, 0.717) is 50.6 Å². The highest BCUT2D eigenvalue weighted by Crippen LogP contribution is 2.42. The van der Waals surface area contributed by atoms with Gasteiger partial charge in [0.1, 0.15) is 11.5 Å². The molecule has 172 valence electrons. The Hall–Kier alpha value is -3.18. The lowest BCUT2D eigenvalue weighted by Gasteiger charge is -2.25. The van der Waals surface area contributed by atoms with E-state index in [-0.39, 0.29) is 47.0 Å². The van der Waals surface area contributed by atoms with Gasteiger partial charge in [0.15, 0.2) is 0 Å². The van der Waals surface area contributed by atoms with Crippen molar-refractivity contribution >= 4 is 22.9 Å². The lowest BCUT2D eigenvalue weighted by atomic mass is 9.81. The quantitative estimate of drug-likeness (QED) is 0.140. The largest absolute Gasteiger partial charge is 0.507 e. The van der Waals surface area contributed by atoms with Gasteiger partial charge in [0.05, 0.1) is 35.5 Å². The van der Waals surface area contributed by atoms with Crippen molar-refractivity contribution in [2.24, 2.45) is 0 Å². The molecular formula is C22H28N4O6. The summed E-state index contributed by atoms with van der Waals surface area (Å²) < 4.78 is 0. The van der Waals surface area contributed by atoms with Crippen molar-refractivity contribution in [3.05, 3.63) is 46.5 Å². The average Bonchev–Trinajstić information content (AvgIpc) is 2.78. The molecule has 0 atom stereocenters. The fourth-order valence-electron chi connectivity index (χ4n) is 3.64. The van der Waals surface area contributed by atoms with Crippen LogP contribution in [0, 0.1) is 0 Å². The van der Waals surface area contributed by atoms with Crippen LogP contribution in [0.5, 0.6) is 11.5 Å². The summed E-state index contributed by atoms with van der Waals surface area (Å²) in [6, 6.07) is 5.74. The van der Waals surface area contributed by atoms with E-state index < -0.39 is 11.6 Å². The minimum absolute atomic E-state index is 0.00939. The number of phenolic OH excluding ortho intramolecular Hbond substituents is 2. The molecule has 1 aliphatic rings. The smallest absolute Gasteiger partial charge is 0.200 e. The van der Waals surface area contributed by atoms with Crippen LogP contribution in [0.1, 0.15) is 31.8 Å². The molecule has 32 heavy (non-hydrogen) atoms. The molecule has 0 spiro atoms. The van der Waals surface area contributed by atoms with Gasteiger partial charge in [0, 0.05) is 50.6 Å². The first-order valence-electron chi connectivity index (χ1n) is 10.4. The highest BCUT2D eigenvalue weighted by Gasteiger charge is 2.37. The lowest BCUT2D eigenvalue weighted by Crippen LogP contribution is -2.28. The van der Waals surface area contributed by atoms with E-state index >= 15 is 0 Å². The van der Waals surface area contributed by atoms with Crippen LogP contribution in [0.2, 0.25) is 0 Å².